The van der Waals surface area contributed by atoms with E-state index in [4.69, 9.17) is 15.6 Å². The van der Waals surface area contributed by atoms with Gasteiger partial charge in [0.05, 0.1) is 0 Å². The molecule has 0 saturated carbocycles. The van der Waals surface area contributed by atoms with Crippen LogP contribution in [0.1, 0.15) is 10.5 Å². The zero-order valence-electron chi connectivity index (χ0n) is 9.66. The zero-order valence-corrected chi connectivity index (χ0v) is 9.66. The van der Waals surface area contributed by atoms with Gasteiger partial charge in [0.1, 0.15) is 11.4 Å². The maximum atomic E-state index is 11.1. The van der Waals surface area contributed by atoms with E-state index in [9.17, 15) is 9.59 Å². The fraction of sp³-hybridized carbons (Fsp3) is 0.0909. The quantitative estimate of drug-likeness (QED) is 0.696. The molecule has 0 aliphatic carbocycles. The standard InChI is InChI=1S/C11H10N4O4/c12-11(18)10-9(13-15-14-10)6-2-1-3-7(4-6)19-5-8(16)17/h1-4H,5H2,(H2,12,18)(H,16,17)(H,13,14,15). The topological polar surface area (TPSA) is 131 Å². The molecule has 0 spiro atoms. The minimum atomic E-state index is -1.08. The third kappa shape index (κ3) is 2.86. The largest absolute Gasteiger partial charge is 0.482 e. The summed E-state index contributed by atoms with van der Waals surface area (Å²) in [6.45, 7) is -0.453. The van der Waals surface area contributed by atoms with Crippen molar-refractivity contribution in [2.24, 2.45) is 5.73 Å². The van der Waals surface area contributed by atoms with Crippen LogP contribution in [0.25, 0.3) is 11.3 Å². The number of nitrogens with zero attached hydrogens (tertiary/aromatic N) is 2. The van der Waals surface area contributed by atoms with Crippen LogP contribution in [-0.2, 0) is 4.79 Å². The lowest BCUT2D eigenvalue weighted by Crippen LogP contribution is -2.13. The van der Waals surface area contributed by atoms with Gasteiger partial charge in [0.2, 0.25) is 0 Å². The molecular weight excluding hydrogens is 252 g/mol. The monoisotopic (exact) mass is 262 g/mol. The number of carbonyl (C=O) groups is 2. The summed E-state index contributed by atoms with van der Waals surface area (Å²) < 4.78 is 5.03. The van der Waals surface area contributed by atoms with Crippen molar-refractivity contribution in [3.05, 3.63) is 30.0 Å². The summed E-state index contributed by atoms with van der Waals surface area (Å²) in [6, 6.07) is 6.47. The van der Waals surface area contributed by atoms with Crippen molar-refractivity contribution in [1.29, 1.82) is 0 Å². The van der Waals surface area contributed by atoms with Gasteiger partial charge in [-0.2, -0.15) is 15.4 Å². The molecule has 0 fully saturated rings. The molecule has 0 bridgehead atoms. The Hall–Kier alpha value is -2.90. The van der Waals surface area contributed by atoms with Gasteiger partial charge in [0.15, 0.2) is 12.3 Å². The number of ether oxygens (including phenoxy) is 1. The average Bonchev–Trinajstić information content (AvgIpc) is 2.86. The maximum absolute atomic E-state index is 11.1. The van der Waals surface area contributed by atoms with E-state index in [1.165, 1.54) is 0 Å². The predicted molar refractivity (Wildman–Crippen MR) is 63.5 cm³/mol. The number of carboxylic acid groups (broad SMARTS) is 1. The molecule has 8 nitrogen and oxygen atoms in total. The number of primary amides is 1. The van der Waals surface area contributed by atoms with E-state index in [1.807, 2.05) is 0 Å². The number of carboxylic acids is 1. The van der Waals surface area contributed by atoms with Crippen LogP contribution in [0.2, 0.25) is 0 Å². The van der Waals surface area contributed by atoms with E-state index in [0.29, 0.717) is 11.3 Å². The summed E-state index contributed by atoms with van der Waals surface area (Å²) in [7, 11) is 0. The van der Waals surface area contributed by atoms with Gasteiger partial charge in [-0.25, -0.2) is 4.79 Å². The minimum Gasteiger partial charge on any atom is -0.482 e. The minimum absolute atomic E-state index is 0.00962. The van der Waals surface area contributed by atoms with Gasteiger partial charge in [-0.05, 0) is 12.1 Å². The number of nitrogens with two attached hydrogens (primary N) is 1. The van der Waals surface area contributed by atoms with Gasteiger partial charge in [-0.1, -0.05) is 12.1 Å². The first-order chi connectivity index (χ1) is 9.08. The predicted octanol–water partition coefficient (Wildman–Crippen LogP) is 0.0340. The first-order valence-corrected chi connectivity index (χ1v) is 5.23. The Morgan fingerprint density at radius 3 is 2.84 bits per heavy atom. The van der Waals surface area contributed by atoms with Crippen molar-refractivity contribution in [3.63, 3.8) is 0 Å². The van der Waals surface area contributed by atoms with Crippen molar-refractivity contribution in [1.82, 2.24) is 15.4 Å². The SMILES string of the molecule is NC(=O)c1n[nH]nc1-c1cccc(OCC(=O)O)c1. The van der Waals surface area contributed by atoms with Crippen molar-refractivity contribution in [2.75, 3.05) is 6.61 Å². The van der Waals surface area contributed by atoms with Crippen LogP contribution in [0.4, 0.5) is 0 Å². The Bertz CT molecular complexity index is 623. The van der Waals surface area contributed by atoms with Crippen molar-refractivity contribution < 1.29 is 19.4 Å². The molecule has 1 aromatic carbocycles. The highest BCUT2D eigenvalue weighted by Crippen LogP contribution is 2.23. The Morgan fingerprint density at radius 1 is 1.37 bits per heavy atom. The number of aromatic amines is 1. The third-order valence-electron chi connectivity index (χ3n) is 2.25. The van der Waals surface area contributed by atoms with E-state index in [2.05, 4.69) is 15.4 Å². The molecule has 98 valence electrons. The molecule has 8 heteroatoms. The van der Waals surface area contributed by atoms with Crippen LogP contribution >= 0.6 is 0 Å². The Labute approximate surface area is 107 Å². The molecule has 0 unspecified atom stereocenters. The summed E-state index contributed by atoms with van der Waals surface area (Å²) in [6.07, 6.45) is 0. The molecule has 4 N–H and O–H groups in total. The third-order valence-corrected chi connectivity index (χ3v) is 2.25. The molecule has 0 aliphatic heterocycles. The van der Waals surface area contributed by atoms with E-state index in [1.54, 1.807) is 24.3 Å². The number of amides is 1. The van der Waals surface area contributed by atoms with Gasteiger partial charge in [-0.3, -0.25) is 4.79 Å². The van der Waals surface area contributed by atoms with Crippen molar-refractivity contribution in [3.8, 4) is 17.0 Å². The molecule has 0 radical (unpaired) electrons. The van der Waals surface area contributed by atoms with Crippen molar-refractivity contribution >= 4 is 11.9 Å². The fourth-order valence-electron chi connectivity index (χ4n) is 1.48. The summed E-state index contributed by atoms with van der Waals surface area (Å²) in [4.78, 5) is 21.6. The first kappa shape index (κ1) is 12.6. The second-order valence-electron chi connectivity index (χ2n) is 3.60. The molecule has 2 aromatic rings. The maximum Gasteiger partial charge on any atom is 0.341 e. The molecule has 1 amide bonds. The lowest BCUT2D eigenvalue weighted by Gasteiger charge is -2.04. The smallest absolute Gasteiger partial charge is 0.341 e. The summed E-state index contributed by atoms with van der Waals surface area (Å²) in [5, 5.41) is 18.3. The second kappa shape index (κ2) is 5.17. The number of H-pyrrole nitrogens is 1. The molecular formula is C11H10N4O4. The van der Waals surface area contributed by atoms with E-state index >= 15 is 0 Å². The van der Waals surface area contributed by atoms with Gasteiger partial charge >= 0.3 is 5.97 Å². The summed E-state index contributed by atoms with van der Waals surface area (Å²) >= 11 is 0. The molecule has 1 aromatic heterocycles. The highest BCUT2D eigenvalue weighted by molar-refractivity contribution is 5.96. The molecule has 1 heterocycles. The number of carbonyl (C=O) groups excluding carboxylic acids is 1. The Morgan fingerprint density at radius 2 is 2.16 bits per heavy atom. The van der Waals surface area contributed by atoms with Crippen LogP contribution in [0.15, 0.2) is 24.3 Å². The molecule has 2 rings (SSSR count). The molecule has 0 saturated heterocycles. The number of hydrogen-bond donors (Lipinski definition) is 3. The van der Waals surface area contributed by atoms with Crippen LogP contribution < -0.4 is 10.5 Å². The Kier molecular flexibility index (Phi) is 3.42. The van der Waals surface area contributed by atoms with E-state index < -0.39 is 18.5 Å². The van der Waals surface area contributed by atoms with E-state index in [0.717, 1.165) is 0 Å². The summed E-state index contributed by atoms with van der Waals surface area (Å²) in [5.74, 6) is -1.44. The highest BCUT2D eigenvalue weighted by atomic mass is 16.5. The molecule has 0 aliphatic rings. The normalized spacial score (nSPS) is 10.1. The fourth-order valence-corrected chi connectivity index (χ4v) is 1.48. The molecule has 19 heavy (non-hydrogen) atoms. The number of rotatable bonds is 5. The zero-order chi connectivity index (χ0) is 13.8. The lowest BCUT2D eigenvalue weighted by atomic mass is 10.1. The van der Waals surface area contributed by atoms with E-state index in [-0.39, 0.29) is 11.4 Å². The number of aliphatic carboxylic acids is 1. The van der Waals surface area contributed by atoms with Crippen LogP contribution in [0.3, 0.4) is 0 Å². The van der Waals surface area contributed by atoms with Crippen LogP contribution in [-0.4, -0.2) is 39.0 Å². The van der Waals surface area contributed by atoms with Gasteiger partial charge in [-0.15, -0.1) is 0 Å². The Balaban J connectivity index is 2.30. The average molecular weight is 262 g/mol. The highest BCUT2D eigenvalue weighted by Gasteiger charge is 2.15. The van der Waals surface area contributed by atoms with Crippen LogP contribution in [0, 0.1) is 0 Å². The number of benzene rings is 1. The van der Waals surface area contributed by atoms with Crippen LogP contribution in [0.5, 0.6) is 5.75 Å². The lowest BCUT2D eigenvalue weighted by molar-refractivity contribution is -0.139. The van der Waals surface area contributed by atoms with Gasteiger partial charge < -0.3 is 15.6 Å². The molecule has 0 atom stereocenters. The number of aromatic nitrogens is 3. The summed E-state index contributed by atoms with van der Waals surface area (Å²) in [5.41, 5.74) is 6.00. The van der Waals surface area contributed by atoms with Gasteiger partial charge in [0.25, 0.3) is 5.91 Å². The second-order valence-corrected chi connectivity index (χ2v) is 3.60. The number of nitrogens with one attached hydrogen (secondary N) is 1. The van der Waals surface area contributed by atoms with Crippen molar-refractivity contribution in [2.45, 2.75) is 0 Å². The first-order valence-electron chi connectivity index (χ1n) is 5.23. The van der Waals surface area contributed by atoms with Gasteiger partial charge in [0, 0.05) is 5.56 Å². The number of hydrogen-bond acceptors (Lipinski definition) is 5.